The lowest BCUT2D eigenvalue weighted by Gasteiger charge is -2.14. The highest BCUT2D eigenvalue weighted by Crippen LogP contribution is 2.39. The number of nitrogen functional groups attached to an aromatic ring is 1. The van der Waals surface area contributed by atoms with Crippen LogP contribution in [0.2, 0.25) is 0 Å². The van der Waals surface area contributed by atoms with Crippen molar-refractivity contribution >= 4 is 39.9 Å². The van der Waals surface area contributed by atoms with Crippen LogP contribution < -0.4 is 16.6 Å². The van der Waals surface area contributed by atoms with Crippen molar-refractivity contribution in [2.24, 2.45) is 5.84 Å². The van der Waals surface area contributed by atoms with Gasteiger partial charge in [-0.25, -0.2) is 15.8 Å². The molecule has 0 spiro atoms. The Balaban J connectivity index is 1.99. The summed E-state index contributed by atoms with van der Waals surface area (Å²) in [5, 5.41) is 3.38. The van der Waals surface area contributed by atoms with Gasteiger partial charge in [0, 0.05) is 15.1 Å². The number of hydrogen-bond acceptors (Lipinski definition) is 5. The zero-order valence-electron chi connectivity index (χ0n) is 11.2. The number of nitrogens with zero attached hydrogens (tertiary/aromatic N) is 2. The Labute approximate surface area is 131 Å². The van der Waals surface area contributed by atoms with Crippen molar-refractivity contribution in [1.29, 1.82) is 0 Å². The molecule has 1 aliphatic carbocycles. The SMILES string of the molecule is Cc1c(NN)nc(C2CC2)nc1Nc1ccccc1I. The van der Waals surface area contributed by atoms with Crippen molar-refractivity contribution in [1.82, 2.24) is 9.97 Å². The average Bonchev–Trinajstić information content (AvgIpc) is 3.28. The van der Waals surface area contributed by atoms with Crippen LogP contribution in [0.3, 0.4) is 0 Å². The lowest BCUT2D eigenvalue weighted by molar-refractivity contribution is 0.920. The molecule has 4 N–H and O–H groups in total. The third-order valence-electron chi connectivity index (χ3n) is 3.37. The molecule has 0 aliphatic heterocycles. The van der Waals surface area contributed by atoms with Crippen LogP contribution in [0.15, 0.2) is 24.3 Å². The first-order valence-electron chi connectivity index (χ1n) is 6.55. The smallest absolute Gasteiger partial charge is 0.148 e. The molecule has 1 aromatic heterocycles. The summed E-state index contributed by atoms with van der Waals surface area (Å²) in [6.45, 7) is 1.96. The van der Waals surface area contributed by atoms with Crippen LogP contribution in [-0.4, -0.2) is 9.97 Å². The lowest BCUT2D eigenvalue weighted by Crippen LogP contribution is -2.14. The molecule has 1 saturated carbocycles. The normalized spacial score (nSPS) is 14.2. The Morgan fingerprint density at radius 1 is 1.20 bits per heavy atom. The number of hydrogen-bond donors (Lipinski definition) is 3. The molecule has 0 atom stereocenters. The molecule has 1 aromatic carbocycles. The van der Waals surface area contributed by atoms with E-state index in [9.17, 15) is 0 Å². The Hall–Kier alpha value is -1.41. The molecule has 0 unspecified atom stereocenters. The minimum absolute atomic E-state index is 0.484. The highest BCUT2D eigenvalue weighted by atomic mass is 127. The van der Waals surface area contributed by atoms with E-state index in [-0.39, 0.29) is 0 Å². The number of aromatic nitrogens is 2. The van der Waals surface area contributed by atoms with Crippen LogP contribution in [0.5, 0.6) is 0 Å². The molecule has 2 aromatic rings. The molecule has 0 saturated heterocycles. The molecular formula is C14H16IN5. The first-order chi connectivity index (χ1) is 9.69. The van der Waals surface area contributed by atoms with Gasteiger partial charge in [0.05, 0.1) is 5.69 Å². The quantitative estimate of drug-likeness (QED) is 0.431. The molecule has 1 aliphatic rings. The Bertz CT molecular complexity index is 639. The number of anilines is 3. The molecule has 5 nitrogen and oxygen atoms in total. The number of nitrogens with two attached hydrogens (primary N) is 1. The van der Waals surface area contributed by atoms with Crippen LogP contribution in [-0.2, 0) is 0 Å². The van der Waals surface area contributed by atoms with Gasteiger partial charge >= 0.3 is 0 Å². The van der Waals surface area contributed by atoms with Gasteiger partial charge in [0.2, 0.25) is 0 Å². The second-order valence-corrected chi connectivity index (χ2v) is 6.09. The van der Waals surface area contributed by atoms with Crippen molar-refractivity contribution in [2.45, 2.75) is 25.7 Å². The van der Waals surface area contributed by atoms with Crippen LogP contribution in [0.1, 0.15) is 30.1 Å². The number of hydrazine groups is 1. The molecule has 1 fully saturated rings. The van der Waals surface area contributed by atoms with Crippen LogP contribution in [0.4, 0.5) is 17.3 Å². The average molecular weight is 381 g/mol. The molecular weight excluding hydrogens is 365 g/mol. The van der Waals surface area contributed by atoms with Gasteiger partial charge in [-0.1, -0.05) is 12.1 Å². The Morgan fingerprint density at radius 2 is 1.90 bits per heavy atom. The zero-order chi connectivity index (χ0) is 14.1. The number of rotatable bonds is 4. The predicted octanol–water partition coefficient (Wildman–Crippen LogP) is 3.30. The highest BCUT2D eigenvalue weighted by molar-refractivity contribution is 14.1. The summed E-state index contributed by atoms with van der Waals surface area (Å²) >= 11 is 2.31. The van der Waals surface area contributed by atoms with Crippen molar-refractivity contribution in [3.63, 3.8) is 0 Å². The maximum atomic E-state index is 5.56. The highest BCUT2D eigenvalue weighted by Gasteiger charge is 2.28. The van der Waals surface area contributed by atoms with Gasteiger partial charge in [0.25, 0.3) is 0 Å². The summed E-state index contributed by atoms with van der Waals surface area (Å²) in [6.07, 6.45) is 2.32. The second-order valence-electron chi connectivity index (χ2n) is 4.93. The Morgan fingerprint density at radius 3 is 2.55 bits per heavy atom. The van der Waals surface area contributed by atoms with Gasteiger partial charge in [-0.15, -0.1) is 0 Å². The third-order valence-corrected chi connectivity index (χ3v) is 4.31. The van der Waals surface area contributed by atoms with E-state index in [2.05, 4.69) is 49.4 Å². The van der Waals surface area contributed by atoms with E-state index in [0.717, 1.165) is 39.3 Å². The van der Waals surface area contributed by atoms with Crippen LogP contribution in [0.25, 0.3) is 0 Å². The predicted molar refractivity (Wildman–Crippen MR) is 89.0 cm³/mol. The van der Waals surface area contributed by atoms with Gasteiger partial charge < -0.3 is 10.7 Å². The minimum atomic E-state index is 0.484. The summed E-state index contributed by atoms with van der Waals surface area (Å²) in [5.74, 6) is 8.43. The minimum Gasteiger partial charge on any atom is -0.339 e. The van der Waals surface area contributed by atoms with Gasteiger partial charge in [-0.05, 0) is 54.5 Å². The molecule has 6 heteroatoms. The molecule has 0 radical (unpaired) electrons. The first kappa shape index (κ1) is 13.6. The molecule has 0 amide bonds. The summed E-state index contributed by atoms with van der Waals surface area (Å²) in [5.41, 5.74) is 4.63. The third kappa shape index (κ3) is 2.71. The van der Waals surface area contributed by atoms with Crippen molar-refractivity contribution in [3.8, 4) is 0 Å². The van der Waals surface area contributed by atoms with E-state index in [1.165, 1.54) is 0 Å². The fourth-order valence-corrected chi connectivity index (χ4v) is 2.53. The molecule has 20 heavy (non-hydrogen) atoms. The standard InChI is InChI=1S/C14H16IN5/c1-8-12(17-11-5-3-2-4-10(11)15)18-14(9-6-7-9)19-13(8)20-16/h2-5,9H,6-7,16H2,1H3,(H2,17,18,19,20). The summed E-state index contributed by atoms with van der Waals surface area (Å²) in [6, 6.07) is 8.12. The van der Waals surface area contributed by atoms with Crippen LogP contribution >= 0.6 is 22.6 Å². The molecule has 104 valence electrons. The van der Waals surface area contributed by atoms with Gasteiger partial charge in [-0.3, -0.25) is 0 Å². The second kappa shape index (κ2) is 5.53. The summed E-state index contributed by atoms with van der Waals surface area (Å²) in [4.78, 5) is 9.15. The Kier molecular flexibility index (Phi) is 3.75. The van der Waals surface area contributed by atoms with Gasteiger partial charge in [0.1, 0.15) is 17.5 Å². The fourth-order valence-electron chi connectivity index (χ4n) is 2.01. The largest absolute Gasteiger partial charge is 0.339 e. The maximum Gasteiger partial charge on any atom is 0.148 e. The van der Waals surface area contributed by atoms with E-state index in [4.69, 9.17) is 5.84 Å². The van der Waals surface area contributed by atoms with Gasteiger partial charge in [-0.2, -0.15) is 0 Å². The van der Waals surface area contributed by atoms with Crippen LogP contribution in [0, 0.1) is 10.5 Å². The van der Waals surface area contributed by atoms with Crippen molar-refractivity contribution < 1.29 is 0 Å². The molecule has 1 heterocycles. The topological polar surface area (TPSA) is 75.9 Å². The van der Waals surface area contributed by atoms with E-state index in [1.807, 2.05) is 25.1 Å². The van der Waals surface area contributed by atoms with Crippen molar-refractivity contribution in [2.75, 3.05) is 10.7 Å². The van der Waals surface area contributed by atoms with Crippen molar-refractivity contribution in [3.05, 3.63) is 39.2 Å². The summed E-state index contributed by atoms with van der Waals surface area (Å²) < 4.78 is 1.15. The number of halogens is 1. The first-order valence-corrected chi connectivity index (χ1v) is 7.63. The lowest BCUT2D eigenvalue weighted by atomic mass is 10.2. The number of para-hydroxylation sites is 1. The number of nitrogens with one attached hydrogen (secondary N) is 2. The zero-order valence-corrected chi connectivity index (χ0v) is 13.3. The number of benzene rings is 1. The van der Waals surface area contributed by atoms with E-state index < -0.39 is 0 Å². The van der Waals surface area contributed by atoms with E-state index >= 15 is 0 Å². The molecule has 3 rings (SSSR count). The summed E-state index contributed by atoms with van der Waals surface area (Å²) in [7, 11) is 0. The maximum absolute atomic E-state index is 5.56. The molecule has 0 bridgehead atoms. The van der Waals surface area contributed by atoms with E-state index in [0.29, 0.717) is 11.7 Å². The van der Waals surface area contributed by atoms with E-state index in [1.54, 1.807) is 0 Å². The van der Waals surface area contributed by atoms with Gasteiger partial charge in [0.15, 0.2) is 0 Å². The fraction of sp³-hybridized carbons (Fsp3) is 0.286. The monoisotopic (exact) mass is 381 g/mol.